The zero-order valence-electron chi connectivity index (χ0n) is 10.1. The molecule has 0 saturated carbocycles. The average Bonchev–Trinajstić information content (AvgIpc) is 2.29. The lowest BCUT2D eigenvalue weighted by molar-refractivity contribution is -0.274. The van der Waals surface area contributed by atoms with E-state index >= 15 is 0 Å². The maximum absolute atomic E-state index is 12.1. The third kappa shape index (κ3) is 4.58. The SMILES string of the molecule is CNCC(O)C(O)c1cc(OC(F)(F)F)ccc1N. The molecular formula is C11H15F3N2O3. The first kappa shape index (κ1) is 15.5. The van der Waals surface area contributed by atoms with Crippen molar-refractivity contribution in [2.75, 3.05) is 19.3 Å². The molecule has 0 radical (unpaired) electrons. The van der Waals surface area contributed by atoms with Crippen molar-refractivity contribution in [3.63, 3.8) is 0 Å². The van der Waals surface area contributed by atoms with Gasteiger partial charge in [0.05, 0.1) is 6.10 Å². The summed E-state index contributed by atoms with van der Waals surface area (Å²) in [5, 5.41) is 22.0. The van der Waals surface area contributed by atoms with Gasteiger partial charge >= 0.3 is 6.36 Å². The van der Waals surface area contributed by atoms with Crippen molar-refractivity contribution in [1.29, 1.82) is 0 Å². The van der Waals surface area contributed by atoms with E-state index in [-0.39, 0.29) is 17.8 Å². The van der Waals surface area contributed by atoms with E-state index in [0.29, 0.717) is 0 Å². The van der Waals surface area contributed by atoms with Crippen molar-refractivity contribution < 1.29 is 28.1 Å². The van der Waals surface area contributed by atoms with Gasteiger partial charge in [-0.15, -0.1) is 13.2 Å². The Balaban J connectivity index is 2.96. The molecule has 2 atom stereocenters. The molecule has 0 aromatic heterocycles. The summed E-state index contributed by atoms with van der Waals surface area (Å²) in [6.45, 7) is 0.0605. The van der Waals surface area contributed by atoms with E-state index in [0.717, 1.165) is 12.1 Å². The predicted octanol–water partition coefficient (Wildman–Crippen LogP) is 0.781. The van der Waals surface area contributed by atoms with Gasteiger partial charge in [-0.25, -0.2) is 0 Å². The summed E-state index contributed by atoms with van der Waals surface area (Å²) in [7, 11) is 1.56. The van der Waals surface area contributed by atoms with Crippen molar-refractivity contribution in [3.8, 4) is 5.75 Å². The molecule has 1 rings (SSSR count). The number of ether oxygens (including phenoxy) is 1. The molecule has 0 heterocycles. The van der Waals surface area contributed by atoms with E-state index in [1.54, 1.807) is 7.05 Å². The third-order valence-electron chi connectivity index (χ3n) is 2.39. The van der Waals surface area contributed by atoms with Gasteiger partial charge in [0.1, 0.15) is 11.9 Å². The number of hydrogen-bond donors (Lipinski definition) is 4. The summed E-state index contributed by atoms with van der Waals surface area (Å²) < 4.78 is 40.0. The molecular weight excluding hydrogens is 265 g/mol. The Morgan fingerprint density at radius 3 is 2.53 bits per heavy atom. The molecule has 5 nitrogen and oxygen atoms in total. The molecule has 0 spiro atoms. The Morgan fingerprint density at radius 2 is 2.00 bits per heavy atom. The van der Waals surface area contributed by atoms with E-state index in [2.05, 4.69) is 10.1 Å². The van der Waals surface area contributed by atoms with Crippen LogP contribution in [0.2, 0.25) is 0 Å². The van der Waals surface area contributed by atoms with Gasteiger partial charge in [0.15, 0.2) is 0 Å². The lowest BCUT2D eigenvalue weighted by Crippen LogP contribution is -2.30. The first-order chi connectivity index (χ1) is 8.74. The second kappa shape index (κ2) is 6.09. The summed E-state index contributed by atoms with van der Waals surface area (Å²) >= 11 is 0. The second-order valence-corrected chi connectivity index (χ2v) is 3.91. The van der Waals surface area contributed by atoms with Crippen molar-refractivity contribution in [1.82, 2.24) is 5.32 Å². The minimum Gasteiger partial charge on any atom is -0.406 e. The van der Waals surface area contributed by atoms with Crippen LogP contribution >= 0.6 is 0 Å². The van der Waals surface area contributed by atoms with E-state index in [1.807, 2.05) is 0 Å². The molecule has 0 aliphatic carbocycles. The summed E-state index contributed by atoms with van der Waals surface area (Å²) in [5.41, 5.74) is 5.60. The molecule has 8 heteroatoms. The largest absolute Gasteiger partial charge is 0.573 e. The number of aliphatic hydroxyl groups is 2. The molecule has 0 bridgehead atoms. The molecule has 0 aliphatic rings. The first-order valence-corrected chi connectivity index (χ1v) is 5.40. The lowest BCUT2D eigenvalue weighted by atomic mass is 10.0. The van der Waals surface area contributed by atoms with Crippen LogP contribution in [-0.4, -0.2) is 36.3 Å². The molecule has 1 aromatic carbocycles. The van der Waals surface area contributed by atoms with Crippen LogP contribution in [0.1, 0.15) is 11.7 Å². The molecule has 2 unspecified atom stereocenters. The van der Waals surface area contributed by atoms with Gasteiger partial charge in [-0.1, -0.05) is 0 Å². The van der Waals surface area contributed by atoms with Crippen molar-refractivity contribution in [3.05, 3.63) is 23.8 Å². The van der Waals surface area contributed by atoms with E-state index in [4.69, 9.17) is 5.73 Å². The highest BCUT2D eigenvalue weighted by molar-refractivity contribution is 5.52. The minimum absolute atomic E-state index is 0.0236. The molecule has 0 fully saturated rings. The fourth-order valence-corrected chi connectivity index (χ4v) is 1.53. The molecule has 0 aliphatic heterocycles. The van der Waals surface area contributed by atoms with Crippen molar-refractivity contribution in [2.24, 2.45) is 0 Å². The lowest BCUT2D eigenvalue weighted by Gasteiger charge is -2.20. The number of hydrogen-bond acceptors (Lipinski definition) is 5. The summed E-state index contributed by atoms with van der Waals surface area (Å²) in [6.07, 6.45) is -7.44. The molecule has 0 saturated heterocycles. The van der Waals surface area contributed by atoms with Gasteiger partial charge in [0.2, 0.25) is 0 Å². The highest BCUT2D eigenvalue weighted by Crippen LogP contribution is 2.30. The molecule has 1 aromatic rings. The highest BCUT2D eigenvalue weighted by atomic mass is 19.4. The standard InChI is InChI=1S/C11H15F3N2O3/c1-16-5-9(17)10(18)7-4-6(2-3-8(7)15)19-11(12,13)14/h2-4,9-10,16-18H,5,15H2,1H3. The normalized spacial score (nSPS) is 15.1. The molecule has 108 valence electrons. The molecule has 5 N–H and O–H groups in total. The number of benzene rings is 1. The van der Waals surface area contributed by atoms with Crippen LogP contribution in [0.25, 0.3) is 0 Å². The van der Waals surface area contributed by atoms with Gasteiger partial charge in [-0.3, -0.25) is 0 Å². The maximum atomic E-state index is 12.1. The van der Waals surface area contributed by atoms with E-state index < -0.39 is 24.3 Å². The number of alkyl halides is 3. The number of anilines is 1. The van der Waals surface area contributed by atoms with E-state index in [1.165, 1.54) is 6.07 Å². The van der Waals surface area contributed by atoms with Crippen LogP contribution in [0.5, 0.6) is 5.75 Å². The fraction of sp³-hybridized carbons (Fsp3) is 0.455. The Kier molecular flexibility index (Phi) is 4.98. The summed E-state index contributed by atoms with van der Waals surface area (Å²) in [5.74, 6) is -0.507. The van der Waals surface area contributed by atoms with Crippen molar-refractivity contribution in [2.45, 2.75) is 18.6 Å². The number of likely N-dealkylation sites (N-methyl/N-ethyl adjacent to an activating group) is 1. The van der Waals surface area contributed by atoms with E-state index in [9.17, 15) is 23.4 Å². The Labute approximate surface area is 107 Å². The number of nitrogens with one attached hydrogen (secondary N) is 1. The minimum atomic E-state index is -4.83. The van der Waals surface area contributed by atoms with Crippen LogP contribution < -0.4 is 15.8 Å². The number of rotatable bonds is 5. The highest BCUT2D eigenvalue weighted by Gasteiger charge is 2.31. The monoisotopic (exact) mass is 280 g/mol. The van der Waals surface area contributed by atoms with Crippen molar-refractivity contribution >= 4 is 5.69 Å². The summed E-state index contributed by atoms with van der Waals surface area (Å²) in [6, 6.07) is 3.15. The van der Waals surface area contributed by atoms with Crippen LogP contribution in [0.4, 0.5) is 18.9 Å². The van der Waals surface area contributed by atoms with Gasteiger partial charge in [0.25, 0.3) is 0 Å². The zero-order chi connectivity index (χ0) is 14.6. The van der Waals surface area contributed by atoms with Gasteiger partial charge in [0, 0.05) is 17.8 Å². The smallest absolute Gasteiger partial charge is 0.406 e. The van der Waals surface area contributed by atoms with Gasteiger partial charge < -0.3 is 26.0 Å². The summed E-state index contributed by atoms with van der Waals surface area (Å²) in [4.78, 5) is 0. The number of halogens is 3. The molecule has 19 heavy (non-hydrogen) atoms. The average molecular weight is 280 g/mol. The zero-order valence-corrected chi connectivity index (χ0v) is 10.1. The number of nitrogen functional groups attached to an aromatic ring is 1. The maximum Gasteiger partial charge on any atom is 0.573 e. The van der Waals surface area contributed by atoms with Gasteiger partial charge in [-0.2, -0.15) is 0 Å². The quantitative estimate of drug-likeness (QED) is 0.599. The Bertz CT molecular complexity index is 426. The van der Waals surface area contributed by atoms with Crippen LogP contribution in [-0.2, 0) is 0 Å². The van der Waals surface area contributed by atoms with Crippen LogP contribution in [0, 0.1) is 0 Å². The molecule has 0 amide bonds. The predicted molar refractivity (Wildman–Crippen MR) is 62.4 cm³/mol. The third-order valence-corrected chi connectivity index (χ3v) is 2.39. The van der Waals surface area contributed by atoms with Crippen LogP contribution in [0.3, 0.4) is 0 Å². The number of aliphatic hydroxyl groups excluding tert-OH is 2. The second-order valence-electron chi connectivity index (χ2n) is 3.91. The Morgan fingerprint density at radius 1 is 1.37 bits per heavy atom. The Hall–Kier alpha value is -1.51. The van der Waals surface area contributed by atoms with Gasteiger partial charge in [-0.05, 0) is 25.2 Å². The van der Waals surface area contributed by atoms with Crippen LogP contribution in [0.15, 0.2) is 18.2 Å². The first-order valence-electron chi connectivity index (χ1n) is 5.40. The number of nitrogens with two attached hydrogens (primary N) is 1. The fourth-order valence-electron chi connectivity index (χ4n) is 1.53. The topological polar surface area (TPSA) is 87.7 Å².